The fraction of sp³-hybridized carbons (Fsp3) is 0.200. The summed E-state index contributed by atoms with van der Waals surface area (Å²) in [5, 5.41) is 6.48. The second-order valence-corrected chi connectivity index (χ2v) is 3.47. The van der Waals surface area contributed by atoms with Crippen molar-refractivity contribution in [2.24, 2.45) is 7.05 Å². The van der Waals surface area contributed by atoms with Gasteiger partial charge in [-0.2, -0.15) is 14.5 Å². The first kappa shape index (κ1) is 11.4. The number of pyridine rings is 1. The van der Waals surface area contributed by atoms with Crippen molar-refractivity contribution in [3.63, 3.8) is 0 Å². The molecule has 0 aliphatic rings. The summed E-state index contributed by atoms with van der Waals surface area (Å²) in [4.78, 5) is 3.14. The maximum Gasteiger partial charge on any atom is 0.251 e. The lowest BCUT2D eigenvalue weighted by Gasteiger charge is -2.05. The zero-order chi connectivity index (χ0) is 12.4. The van der Waals surface area contributed by atoms with Crippen LogP contribution in [0.2, 0.25) is 0 Å². The quantitative estimate of drug-likeness (QED) is 0.835. The predicted octanol–water partition coefficient (Wildman–Crippen LogP) is 1.84. The van der Waals surface area contributed by atoms with Crippen molar-refractivity contribution in [2.45, 2.75) is 6.54 Å². The van der Waals surface area contributed by atoms with Crippen LogP contribution in [-0.2, 0) is 13.6 Å². The Hall–Kier alpha value is -2.05. The van der Waals surface area contributed by atoms with Crippen LogP contribution in [0.25, 0.3) is 0 Å². The maximum absolute atomic E-state index is 13.2. The van der Waals surface area contributed by atoms with E-state index in [1.165, 1.54) is 0 Å². The molecular formula is C10H9F3N4. The molecule has 0 fully saturated rings. The molecular weight excluding hydrogens is 233 g/mol. The van der Waals surface area contributed by atoms with E-state index in [-0.39, 0.29) is 12.4 Å². The van der Waals surface area contributed by atoms with Crippen LogP contribution in [0.15, 0.2) is 18.5 Å². The lowest BCUT2D eigenvalue weighted by Crippen LogP contribution is -2.05. The first-order chi connectivity index (χ1) is 8.06. The van der Waals surface area contributed by atoms with Crippen LogP contribution in [0.1, 0.15) is 5.56 Å². The molecule has 0 aromatic carbocycles. The monoisotopic (exact) mass is 242 g/mol. The van der Waals surface area contributed by atoms with Gasteiger partial charge in [0.05, 0.1) is 6.20 Å². The SMILES string of the molecule is Cn1cc(CNc2nc(F)c(F)cc2F)cn1. The number of nitrogens with one attached hydrogen (secondary N) is 1. The van der Waals surface area contributed by atoms with Crippen LogP contribution < -0.4 is 5.32 Å². The average molecular weight is 242 g/mol. The van der Waals surface area contributed by atoms with Gasteiger partial charge in [0.1, 0.15) is 0 Å². The molecule has 0 aliphatic carbocycles. The Labute approximate surface area is 95.1 Å². The van der Waals surface area contributed by atoms with Gasteiger partial charge in [-0.25, -0.2) is 8.78 Å². The van der Waals surface area contributed by atoms with Gasteiger partial charge in [-0.15, -0.1) is 0 Å². The van der Waals surface area contributed by atoms with E-state index in [4.69, 9.17) is 0 Å². The summed E-state index contributed by atoms with van der Waals surface area (Å²) in [6.07, 6.45) is 3.29. The summed E-state index contributed by atoms with van der Waals surface area (Å²) in [5.74, 6) is -3.91. The van der Waals surface area contributed by atoms with Crippen LogP contribution in [0.4, 0.5) is 19.0 Å². The van der Waals surface area contributed by atoms with E-state index in [2.05, 4.69) is 15.4 Å². The third kappa shape index (κ3) is 2.55. The molecule has 2 rings (SSSR count). The molecule has 0 amide bonds. The topological polar surface area (TPSA) is 42.7 Å². The van der Waals surface area contributed by atoms with Gasteiger partial charge >= 0.3 is 0 Å². The van der Waals surface area contributed by atoms with Gasteiger partial charge in [-0.1, -0.05) is 0 Å². The Bertz CT molecular complexity index is 538. The summed E-state index contributed by atoms with van der Waals surface area (Å²) < 4.78 is 40.1. The fourth-order valence-electron chi connectivity index (χ4n) is 1.32. The summed E-state index contributed by atoms with van der Waals surface area (Å²) in [6.45, 7) is 0.225. The van der Waals surface area contributed by atoms with E-state index in [1.54, 1.807) is 24.1 Å². The van der Waals surface area contributed by atoms with Crippen LogP contribution in [0.5, 0.6) is 0 Å². The second-order valence-electron chi connectivity index (χ2n) is 3.47. The number of hydrogen-bond acceptors (Lipinski definition) is 3. The standard InChI is InChI=1S/C10H9F3N4/c1-17-5-6(4-15-17)3-14-10-8(12)2-7(11)9(13)16-10/h2,4-5H,3H2,1H3,(H,14,16). The Morgan fingerprint density at radius 3 is 2.71 bits per heavy atom. The third-order valence-electron chi connectivity index (χ3n) is 2.11. The third-order valence-corrected chi connectivity index (χ3v) is 2.11. The number of nitrogens with zero attached hydrogens (tertiary/aromatic N) is 3. The van der Waals surface area contributed by atoms with Crippen molar-refractivity contribution >= 4 is 5.82 Å². The number of aromatic nitrogens is 3. The molecule has 4 nitrogen and oxygen atoms in total. The number of hydrogen-bond donors (Lipinski definition) is 1. The summed E-state index contributed by atoms with van der Waals surface area (Å²) >= 11 is 0. The Morgan fingerprint density at radius 2 is 2.06 bits per heavy atom. The molecule has 0 saturated carbocycles. The number of anilines is 1. The molecule has 0 radical (unpaired) electrons. The van der Waals surface area contributed by atoms with Crippen molar-refractivity contribution in [3.05, 3.63) is 41.6 Å². The first-order valence-corrected chi connectivity index (χ1v) is 4.79. The molecule has 0 aliphatic heterocycles. The second kappa shape index (κ2) is 4.44. The molecule has 0 atom stereocenters. The van der Waals surface area contributed by atoms with Gasteiger partial charge in [0, 0.05) is 31.4 Å². The highest BCUT2D eigenvalue weighted by atomic mass is 19.2. The molecule has 90 valence electrons. The Morgan fingerprint density at radius 1 is 1.29 bits per heavy atom. The van der Waals surface area contributed by atoms with Gasteiger partial charge in [-0.3, -0.25) is 4.68 Å². The van der Waals surface area contributed by atoms with Crippen molar-refractivity contribution in [2.75, 3.05) is 5.32 Å². The molecule has 2 heterocycles. The average Bonchev–Trinajstić information content (AvgIpc) is 2.68. The summed E-state index contributed by atoms with van der Waals surface area (Å²) in [5.41, 5.74) is 0.776. The molecule has 17 heavy (non-hydrogen) atoms. The zero-order valence-corrected chi connectivity index (χ0v) is 8.91. The molecule has 0 bridgehead atoms. The normalized spacial score (nSPS) is 10.6. The number of rotatable bonds is 3. The molecule has 0 unspecified atom stereocenters. The van der Waals surface area contributed by atoms with Gasteiger partial charge in [-0.05, 0) is 0 Å². The molecule has 2 aromatic heterocycles. The highest BCUT2D eigenvalue weighted by Crippen LogP contribution is 2.15. The number of halogens is 3. The predicted molar refractivity (Wildman–Crippen MR) is 54.6 cm³/mol. The van der Waals surface area contributed by atoms with Crippen LogP contribution in [0, 0.1) is 17.6 Å². The van der Waals surface area contributed by atoms with Gasteiger partial charge in [0.2, 0.25) is 0 Å². The molecule has 0 saturated heterocycles. The van der Waals surface area contributed by atoms with Crippen molar-refractivity contribution in [3.8, 4) is 0 Å². The first-order valence-electron chi connectivity index (χ1n) is 4.79. The fourth-order valence-corrected chi connectivity index (χ4v) is 1.32. The molecule has 0 spiro atoms. The van der Waals surface area contributed by atoms with Gasteiger partial charge < -0.3 is 5.32 Å². The maximum atomic E-state index is 13.2. The lowest BCUT2D eigenvalue weighted by atomic mass is 10.3. The summed E-state index contributed by atoms with van der Waals surface area (Å²) in [7, 11) is 1.74. The van der Waals surface area contributed by atoms with E-state index in [0.717, 1.165) is 5.56 Å². The van der Waals surface area contributed by atoms with Crippen LogP contribution in [-0.4, -0.2) is 14.8 Å². The Kier molecular flexibility index (Phi) is 2.99. The zero-order valence-electron chi connectivity index (χ0n) is 8.91. The largest absolute Gasteiger partial charge is 0.363 e. The number of aryl methyl sites for hydroxylation is 1. The van der Waals surface area contributed by atoms with E-state index >= 15 is 0 Å². The van der Waals surface area contributed by atoms with E-state index in [9.17, 15) is 13.2 Å². The van der Waals surface area contributed by atoms with Crippen molar-refractivity contribution < 1.29 is 13.2 Å². The van der Waals surface area contributed by atoms with E-state index < -0.39 is 17.6 Å². The molecule has 7 heteroatoms. The van der Waals surface area contributed by atoms with Crippen molar-refractivity contribution in [1.82, 2.24) is 14.8 Å². The van der Waals surface area contributed by atoms with Crippen molar-refractivity contribution in [1.29, 1.82) is 0 Å². The highest BCUT2D eigenvalue weighted by molar-refractivity contribution is 5.36. The smallest absolute Gasteiger partial charge is 0.251 e. The van der Waals surface area contributed by atoms with E-state index in [0.29, 0.717) is 6.07 Å². The minimum Gasteiger partial charge on any atom is -0.363 e. The molecule has 2 aromatic rings. The minimum absolute atomic E-state index is 0.225. The Balaban J connectivity index is 2.11. The highest BCUT2D eigenvalue weighted by Gasteiger charge is 2.11. The molecule has 1 N–H and O–H groups in total. The van der Waals surface area contributed by atoms with Gasteiger partial charge in [0.25, 0.3) is 5.95 Å². The van der Waals surface area contributed by atoms with Gasteiger partial charge in [0.15, 0.2) is 17.5 Å². The minimum atomic E-state index is -1.33. The van der Waals surface area contributed by atoms with E-state index in [1.807, 2.05) is 0 Å². The lowest BCUT2D eigenvalue weighted by molar-refractivity contribution is 0.466. The van der Waals surface area contributed by atoms with Crippen LogP contribution >= 0.6 is 0 Å². The van der Waals surface area contributed by atoms with Crippen LogP contribution in [0.3, 0.4) is 0 Å². The summed E-state index contributed by atoms with van der Waals surface area (Å²) in [6, 6.07) is 0.452.